The van der Waals surface area contributed by atoms with Crippen molar-refractivity contribution >= 4 is 0 Å². The molecule has 1 aromatic heterocycles. The van der Waals surface area contributed by atoms with Crippen molar-refractivity contribution in [3.05, 3.63) is 66.0 Å². The first-order valence-corrected chi connectivity index (χ1v) is 8.24. The highest BCUT2D eigenvalue weighted by Gasteiger charge is 2.11. The molecular weight excluding hydrogens is 286 g/mol. The van der Waals surface area contributed by atoms with Gasteiger partial charge in [0.25, 0.3) is 0 Å². The van der Waals surface area contributed by atoms with Gasteiger partial charge in [-0.15, -0.1) is 6.58 Å². The minimum absolute atomic E-state index is 0.259. The first-order chi connectivity index (χ1) is 11.2. The van der Waals surface area contributed by atoms with Crippen LogP contribution in [0.15, 0.2) is 49.2 Å². The number of aryl methyl sites for hydroxylation is 1. The zero-order valence-electron chi connectivity index (χ0n) is 14.0. The lowest BCUT2D eigenvalue weighted by atomic mass is 10.1. The Balaban J connectivity index is 2.05. The second kappa shape index (κ2) is 9.28. The third-order valence-corrected chi connectivity index (χ3v) is 3.89. The van der Waals surface area contributed by atoms with Crippen LogP contribution in [-0.4, -0.2) is 32.9 Å². The van der Waals surface area contributed by atoms with E-state index in [0.29, 0.717) is 0 Å². The number of aromatic nitrogens is 2. The van der Waals surface area contributed by atoms with E-state index in [9.17, 15) is 0 Å². The average Bonchev–Trinajstić information content (AvgIpc) is 2.88. The van der Waals surface area contributed by atoms with E-state index in [-0.39, 0.29) is 6.61 Å². The molecule has 0 aliphatic carbocycles. The van der Waals surface area contributed by atoms with Crippen LogP contribution in [0.5, 0.6) is 0 Å². The maximum atomic E-state index is 9.02. The molecule has 0 spiro atoms. The summed E-state index contributed by atoms with van der Waals surface area (Å²) in [6.07, 6.45) is 5.82. The summed E-state index contributed by atoms with van der Waals surface area (Å²) < 4.78 is 1.94. The predicted molar refractivity (Wildman–Crippen MR) is 94.0 cm³/mol. The van der Waals surface area contributed by atoms with Gasteiger partial charge in [0.2, 0.25) is 0 Å². The van der Waals surface area contributed by atoms with Crippen LogP contribution in [0.2, 0.25) is 0 Å². The van der Waals surface area contributed by atoms with E-state index in [2.05, 4.69) is 54.0 Å². The number of aliphatic hydroxyl groups is 1. The molecule has 1 aromatic carbocycles. The molecule has 2 aromatic rings. The van der Waals surface area contributed by atoms with Gasteiger partial charge in [-0.1, -0.05) is 36.4 Å². The van der Waals surface area contributed by atoms with Gasteiger partial charge in [-0.3, -0.25) is 9.58 Å². The van der Waals surface area contributed by atoms with E-state index in [1.54, 1.807) is 0 Å². The molecule has 0 aliphatic rings. The molecule has 4 heteroatoms. The number of benzene rings is 1. The van der Waals surface area contributed by atoms with Crippen molar-refractivity contribution in [3.63, 3.8) is 0 Å². The number of hydrogen-bond donors (Lipinski definition) is 1. The van der Waals surface area contributed by atoms with Crippen LogP contribution >= 0.6 is 0 Å². The van der Waals surface area contributed by atoms with Crippen molar-refractivity contribution in [2.75, 3.05) is 13.2 Å². The Morgan fingerprint density at radius 3 is 2.70 bits per heavy atom. The minimum Gasteiger partial charge on any atom is -0.396 e. The van der Waals surface area contributed by atoms with Crippen LogP contribution in [-0.2, 0) is 19.6 Å². The van der Waals surface area contributed by atoms with Crippen molar-refractivity contribution in [2.24, 2.45) is 0 Å². The van der Waals surface area contributed by atoms with E-state index < -0.39 is 0 Å². The number of hydrogen-bond acceptors (Lipinski definition) is 3. The molecule has 0 unspecified atom stereocenters. The Morgan fingerprint density at radius 2 is 2.00 bits per heavy atom. The molecule has 0 saturated carbocycles. The Bertz CT molecular complexity index is 592. The molecule has 0 atom stereocenters. The van der Waals surface area contributed by atoms with Crippen LogP contribution in [0, 0.1) is 6.92 Å². The first-order valence-electron chi connectivity index (χ1n) is 8.24. The summed E-state index contributed by atoms with van der Waals surface area (Å²) in [6.45, 7) is 9.59. The van der Waals surface area contributed by atoms with Gasteiger partial charge in [0.15, 0.2) is 0 Å². The minimum atomic E-state index is 0.259. The Kier molecular flexibility index (Phi) is 7.04. The average molecular weight is 313 g/mol. The molecule has 2 rings (SSSR count). The molecule has 4 nitrogen and oxygen atoms in total. The number of allylic oxidation sites excluding steroid dienone is 1. The van der Waals surface area contributed by atoms with Gasteiger partial charge < -0.3 is 5.11 Å². The van der Waals surface area contributed by atoms with Gasteiger partial charge in [0.1, 0.15) is 0 Å². The molecule has 124 valence electrons. The topological polar surface area (TPSA) is 41.3 Å². The lowest BCUT2D eigenvalue weighted by molar-refractivity contribution is 0.229. The van der Waals surface area contributed by atoms with Gasteiger partial charge in [-0.2, -0.15) is 5.10 Å². The predicted octanol–water partition coefficient (Wildman–Crippen LogP) is 3.15. The third-order valence-electron chi connectivity index (χ3n) is 3.89. The van der Waals surface area contributed by atoms with Crippen molar-refractivity contribution in [1.29, 1.82) is 0 Å². The summed E-state index contributed by atoms with van der Waals surface area (Å²) >= 11 is 0. The third kappa shape index (κ3) is 5.66. The van der Waals surface area contributed by atoms with E-state index >= 15 is 0 Å². The van der Waals surface area contributed by atoms with Gasteiger partial charge in [0.05, 0.1) is 12.2 Å². The molecule has 0 fully saturated rings. The van der Waals surface area contributed by atoms with Gasteiger partial charge in [-0.05, 0) is 31.9 Å². The summed E-state index contributed by atoms with van der Waals surface area (Å²) in [5.41, 5.74) is 3.64. The highest BCUT2D eigenvalue weighted by molar-refractivity contribution is 5.17. The van der Waals surface area contributed by atoms with E-state index in [1.807, 2.05) is 16.8 Å². The largest absolute Gasteiger partial charge is 0.396 e. The molecule has 0 radical (unpaired) electrons. The monoisotopic (exact) mass is 313 g/mol. The highest BCUT2D eigenvalue weighted by Crippen LogP contribution is 2.14. The maximum absolute atomic E-state index is 9.02. The molecule has 0 amide bonds. The van der Waals surface area contributed by atoms with Crippen LogP contribution in [0.1, 0.15) is 29.7 Å². The maximum Gasteiger partial charge on any atom is 0.0638 e. The zero-order chi connectivity index (χ0) is 16.5. The summed E-state index contributed by atoms with van der Waals surface area (Å²) in [6, 6.07) is 10.5. The summed E-state index contributed by atoms with van der Waals surface area (Å²) in [5, 5.41) is 13.6. The lowest BCUT2D eigenvalue weighted by Crippen LogP contribution is -2.24. The van der Waals surface area contributed by atoms with Crippen LogP contribution < -0.4 is 0 Å². The van der Waals surface area contributed by atoms with Gasteiger partial charge >= 0.3 is 0 Å². The van der Waals surface area contributed by atoms with E-state index in [4.69, 9.17) is 5.11 Å². The number of rotatable bonds is 10. The Morgan fingerprint density at radius 1 is 1.22 bits per heavy atom. The highest BCUT2D eigenvalue weighted by atomic mass is 16.2. The molecular formula is C19H27N3O. The Hall–Kier alpha value is -1.91. The second-order valence-electron chi connectivity index (χ2n) is 5.88. The van der Waals surface area contributed by atoms with Crippen LogP contribution in [0.4, 0.5) is 0 Å². The van der Waals surface area contributed by atoms with Crippen LogP contribution in [0.3, 0.4) is 0 Å². The first kappa shape index (κ1) is 17.4. The Labute approximate surface area is 139 Å². The number of unbranched alkanes of at least 4 members (excludes halogenated alkanes) is 1. The van der Waals surface area contributed by atoms with E-state index in [1.165, 1.54) is 11.1 Å². The van der Waals surface area contributed by atoms with Crippen molar-refractivity contribution < 1.29 is 5.11 Å². The molecule has 23 heavy (non-hydrogen) atoms. The molecule has 1 N–H and O–H groups in total. The zero-order valence-corrected chi connectivity index (χ0v) is 14.0. The fourth-order valence-electron chi connectivity index (χ4n) is 2.68. The van der Waals surface area contributed by atoms with Crippen molar-refractivity contribution in [1.82, 2.24) is 14.7 Å². The van der Waals surface area contributed by atoms with E-state index in [0.717, 1.165) is 44.7 Å². The smallest absolute Gasteiger partial charge is 0.0638 e. The van der Waals surface area contributed by atoms with Crippen molar-refractivity contribution in [2.45, 2.75) is 39.4 Å². The van der Waals surface area contributed by atoms with Crippen molar-refractivity contribution in [3.8, 4) is 0 Å². The molecule has 0 aliphatic heterocycles. The fourth-order valence-corrected chi connectivity index (χ4v) is 2.68. The number of nitrogens with zero attached hydrogens (tertiary/aromatic N) is 3. The second-order valence-corrected chi connectivity index (χ2v) is 5.88. The molecule has 0 saturated heterocycles. The SMILES string of the molecule is C=CCn1cc(CN(CCCCO)Cc2ccccc2)c(C)n1. The summed E-state index contributed by atoms with van der Waals surface area (Å²) in [5.74, 6) is 0. The van der Waals surface area contributed by atoms with Gasteiger partial charge in [0, 0.05) is 31.5 Å². The summed E-state index contributed by atoms with van der Waals surface area (Å²) in [4.78, 5) is 2.42. The summed E-state index contributed by atoms with van der Waals surface area (Å²) in [7, 11) is 0. The lowest BCUT2D eigenvalue weighted by Gasteiger charge is -2.22. The normalized spacial score (nSPS) is 11.1. The quantitative estimate of drug-likeness (QED) is 0.541. The van der Waals surface area contributed by atoms with Gasteiger partial charge in [-0.25, -0.2) is 0 Å². The van der Waals surface area contributed by atoms with Crippen LogP contribution in [0.25, 0.3) is 0 Å². The molecule has 1 heterocycles. The standard InChI is InChI=1S/C19H27N3O/c1-3-11-22-16-19(17(2)20-22)15-21(12-7-8-13-23)14-18-9-5-4-6-10-18/h3-6,9-10,16,23H,1,7-8,11-15H2,2H3. The number of aliphatic hydroxyl groups excluding tert-OH is 1. The molecule has 0 bridgehead atoms. The fraction of sp³-hybridized carbons (Fsp3) is 0.421.